The first-order chi connectivity index (χ1) is 20.0. The Bertz CT molecular complexity index is 1150. The van der Waals surface area contributed by atoms with Crippen LogP contribution in [0.5, 0.6) is 0 Å². The summed E-state index contributed by atoms with van der Waals surface area (Å²) in [7, 11) is 0. The Balaban J connectivity index is 1.32. The molecule has 8 heteroatoms. The van der Waals surface area contributed by atoms with Gasteiger partial charge in [0.2, 0.25) is 0 Å². The van der Waals surface area contributed by atoms with Crippen molar-refractivity contribution >= 4 is 5.97 Å². The van der Waals surface area contributed by atoms with Crippen LogP contribution in [-0.2, 0) is 14.3 Å². The zero-order valence-electron chi connectivity index (χ0n) is 27.1. The van der Waals surface area contributed by atoms with Gasteiger partial charge in [0.1, 0.15) is 18.3 Å². The molecule has 1 saturated heterocycles. The number of rotatable bonds is 4. The SMILES string of the molecule is CC1(C)CC[C@]2(C(=O)O)CC[C@]3(C)C(=CC[C@@H]4[C@@]5(C)CC[C@H](O[C@@H]6OC[C@@H](O)[C@H](O)[C@H]6O)[C@@](C)(CO)[C@@H]5CC[C@]43C)[C@H]2C1. The Morgan fingerprint density at radius 1 is 0.930 bits per heavy atom. The van der Waals surface area contributed by atoms with Crippen molar-refractivity contribution in [3.63, 3.8) is 0 Å². The lowest BCUT2D eigenvalue weighted by Gasteiger charge is -2.71. The highest BCUT2D eigenvalue weighted by Crippen LogP contribution is 2.76. The van der Waals surface area contributed by atoms with Gasteiger partial charge in [-0.1, -0.05) is 53.2 Å². The molecular weight excluding hydrogens is 548 g/mol. The molecule has 0 amide bonds. The largest absolute Gasteiger partial charge is 0.481 e. The summed E-state index contributed by atoms with van der Waals surface area (Å²) in [5.41, 5.74) is 0.232. The molecule has 5 N–H and O–H groups in total. The average molecular weight is 605 g/mol. The number of aliphatic hydroxyl groups is 4. The monoisotopic (exact) mass is 604 g/mol. The van der Waals surface area contributed by atoms with Crippen LogP contribution in [-0.4, -0.2) is 75.4 Å². The zero-order chi connectivity index (χ0) is 31.4. The molecule has 6 rings (SSSR count). The van der Waals surface area contributed by atoms with E-state index in [1.54, 1.807) is 0 Å². The quantitative estimate of drug-likeness (QED) is 0.231. The van der Waals surface area contributed by atoms with Gasteiger partial charge in [0.25, 0.3) is 0 Å². The highest BCUT2D eigenvalue weighted by atomic mass is 16.7. The highest BCUT2D eigenvalue weighted by Gasteiger charge is 2.70. The van der Waals surface area contributed by atoms with Crippen LogP contribution in [0.25, 0.3) is 0 Å². The molecule has 244 valence electrons. The van der Waals surface area contributed by atoms with Gasteiger partial charge < -0.3 is 35.0 Å². The third kappa shape index (κ3) is 4.32. The summed E-state index contributed by atoms with van der Waals surface area (Å²) >= 11 is 0. The first-order valence-corrected chi connectivity index (χ1v) is 16.9. The van der Waals surface area contributed by atoms with Gasteiger partial charge in [-0.3, -0.25) is 4.79 Å². The van der Waals surface area contributed by atoms with Crippen LogP contribution in [0.4, 0.5) is 0 Å². The van der Waals surface area contributed by atoms with Crippen molar-refractivity contribution in [1.29, 1.82) is 0 Å². The summed E-state index contributed by atoms with van der Waals surface area (Å²) in [6.45, 7) is 13.9. The van der Waals surface area contributed by atoms with Gasteiger partial charge in [-0.25, -0.2) is 0 Å². The van der Waals surface area contributed by atoms with Crippen LogP contribution in [0.3, 0.4) is 0 Å². The standard InChI is InChI=1S/C35H56O8/c1-30(2)13-15-35(29(40)41)16-14-33(5)20(21(35)17-30)7-8-24-31(3)11-10-25(43-28-27(39)26(38)22(37)18-42-28)32(4,19-36)23(31)9-12-34(24,33)6/h7,21-28,36-39H,8-19H2,1-6H3,(H,40,41)/t21-,22-,23-,24-,25+,26+,27-,28+,31+,32+,33-,34-,35+/m1/s1. The number of allylic oxidation sites excluding steroid dienone is 2. The fraction of sp³-hybridized carbons (Fsp3) is 0.914. The summed E-state index contributed by atoms with van der Waals surface area (Å²) in [6.07, 6.45) is 6.03. The van der Waals surface area contributed by atoms with Crippen molar-refractivity contribution in [3.8, 4) is 0 Å². The van der Waals surface area contributed by atoms with Crippen LogP contribution >= 0.6 is 0 Å². The average Bonchev–Trinajstić information content (AvgIpc) is 2.94. The number of aliphatic hydroxyl groups excluding tert-OH is 4. The van der Waals surface area contributed by atoms with Gasteiger partial charge >= 0.3 is 5.97 Å². The van der Waals surface area contributed by atoms with Crippen LogP contribution in [0, 0.1) is 50.2 Å². The Hall–Kier alpha value is -1.03. The van der Waals surface area contributed by atoms with Crippen LogP contribution in [0.2, 0.25) is 0 Å². The number of aliphatic carboxylic acids is 1. The molecule has 0 aromatic carbocycles. The normalized spacial score (nSPS) is 54.3. The topological polar surface area (TPSA) is 137 Å². The third-order valence-corrected chi connectivity index (χ3v) is 14.9. The van der Waals surface area contributed by atoms with Gasteiger partial charge in [-0.2, -0.15) is 0 Å². The Morgan fingerprint density at radius 3 is 2.30 bits per heavy atom. The first-order valence-electron chi connectivity index (χ1n) is 16.9. The van der Waals surface area contributed by atoms with Gasteiger partial charge in [0, 0.05) is 5.41 Å². The van der Waals surface area contributed by atoms with Crippen molar-refractivity contribution in [1.82, 2.24) is 0 Å². The molecule has 0 bridgehead atoms. The van der Waals surface area contributed by atoms with E-state index in [-0.39, 0.29) is 52.8 Å². The van der Waals surface area contributed by atoms with Gasteiger partial charge in [-0.05, 0) is 104 Å². The lowest BCUT2D eigenvalue weighted by Crippen LogP contribution is -2.66. The molecule has 6 aliphatic rings. The third-order valence-electron chi connectivity index (χ3n) is 14.9. The zero-order valence-corrected chi connectivity index (χ0v) is 27.1. The molecule has 0 aromatic rings. The van der Waals surface area contributed by atoms with E-state index in [0.717, 1.165) is 57.8 Å². The molecule has 1 heterocycles. The van der Waals surface area contributed by atoms with Crippen molar-refractivity contribution < 1.29 is 39.8 Å². The van der Waals surface area contributed by atoms with Crippen molar-refractivity contribution in [2.75, 3.05) is 13.2 Å². The lowest BCUT2D eigenvalue weighted by molar-refractivity contribution is -0.312. The summed E-state index contributed by atoms with van der Waals surface area (Å²) in [5, 5.41) is 52.3. The fourth-order valence-corrected chi connectivity index (χ4v) is 11.9. The minimum atomic E-state index is -1.36. The van der Waals surface area contributed by atoms with E-state index in [9.17, 15) is 30.3 Å². The highest BCUT2D eigenvalue weighted by molar-refractivity contribution is 5.76. The molecular formula is C35H56O8. The van der Waals surface area contributed by atoms with Crippen molar-refractivity contribution in [2.45, 2.75) is 136 Å². The maximum atomic E-state index is 12.9. The molecule has 4 saturated carbocycles. The van der Waals surface area contributed by atoms with Gasteiger partial charge in [-0.15, -0.1) is 0 Å². The van der Waals surface area contributed by atoms with Crippen LogP contribution in [0.15, 0.2) is 11.6 Å². The van der Waals surface area contributed by atoms with Crippen LogP contribution < -0.4 is 0 Å². The number of ether oxygens (including phenoxy) is 2. The van der Waals surface area contributed by atoms with E-state index in [0.29, 0.717) is 12.3 Å². The number of hydrogen-bond donors (Lipinski definition) is 5. The summed E-state index contributed by atoms with van der Waals surface area (Å²) in [6, 6.07) is 0. The minimum Gasteiger partial charge on any atom is -0.481 e. The van der Waals surface area contributed by atoms with E-state index in [1.807, 2.05) is 0 Å². The summed E-state index contributed by atoms with van der Waals surface area (Å²) in [4.78, 5) is 12.9. The second-order valence-electron chi connectivity index (χ2n) is 17.3. The number of fused-ring (bicyclic) bond motifs is 7. The first kappa shape index (κ1) is 31.9. The Morgan fingerprint density at radius 2 is 1.63 bits per heavy atom. The predicted octanol–water partition coefficient (Wildman–Crippen LogP) is 4.67. The van der Waals surface area contributed by atoms with E-state index in [1.165, 1.54) is 5.57 Å². The maximum absolute atomic E-state index is 12.9. The number of carboxylic acids is 1. The molecule has 43 heavy (non-hydrogen) atoms. The summed E-state index contributed by atoms with van der Waals surface area (Å²) in [5.74, 6) is 0.0529. The summed E-state index contributed by atoms with van der Waals surface area (Å²) < 4.78 is 12.0. The second-order valence-corrected chi connectivity index (χ2v) is 17.3. The van der Waals surface area contributed by atoms with Crippen molar-refractivity contribution in [3.05, 3.63) is 11.6 Å². The maximum Gasteiger partial charge on any atom is 0.310 e. The molecule has 0 unspecified atom stereocenters. The van der Waals surface area contributed by atoms with E-state index in [2.05, 4.69) is 47.6 Å². The fourth-order valence-electron chi connectivity index (χ4n) is 11.9. The smallest absolute Gasteiger partial charge is 0.310 e. The van der Waals surface area contributed by atoms with E-state index in [4.69, 9.17) is 9.47 Å². The molecule has 5 aliphatic carbocycles. The van der Waals surface area contributed by atoms with Gasteiger partial charge in [0.15, 0.2) is 6.29 Å². The molecule has 0 spiro atoms. The van der Waals surface area contributed by atoms with Crippen molar-refractivity contribution in [2.24, 2.45) is 50.2 Å². The number of hydrogen-bond acceptors (Lipinski definition) is 7. The second kappa shape index (κ2) is 10.2. The number of carboxylic acid groups (broad SMARTS) is 1. The van der Waals surface area contributed by atoms with Gasteiger partial charge in [0.05, 0.1) is 24.7 Å². The Kier molecular flexibility index (Phi) is 7.60. The minimum absolute atomic E-state index is 0.0154. The van der Waals surface area contributed by atoms with E-state index >= 15 is 0 Å². The molecule has 0 radical (unpaired) electrons. The molecule has 5 fully saturated rings. The molecule has 1 aliphatic heterocycles. The lowest BCUT2D eigenvalue weighted by atomic mass is 9.33. The number of carbonyl (C=O) groups is 1. The van der Waals surface area contributed by atoms with Crippen LogP contribution in [0.1, 0.15) is 106 Å². The molecule has 13 atom stereocenters. The predicted molar refractivity (Wildman–Crippen MR) is 161 cm³/mol. The Labute approximate surface area is 257 Å². The molecule has 8 nitrogen and oxygen atoms in total. The molecule has 0 aromatic heterocycles. The van der Waals surface area contributed by atoms with E-state index < -0.39 is 41.4 Å².